The van der Waals surface area contributed by atoms with Gasteiger partial charge in [-0.1, -0.05) is 24.3 Å². The number of hydrogen-bond donors (Lipinski definition) is 3. The number of carboxylic acids is 1. The summed E-state index contributed by atoms with van der Waals surface area (Å²) < 4.78 is 37.9. The molecule has 2 aromatic carbocycles. The van der Waals surface area contributed by atoms with Crippen LogP contribution in [0.25, 0.3) is 22.8 Å². The molecule has 0 bridgehead atoms. The number of aromatic nitrogens is 1. The number of halogens is 1. The van der Waals surface area contributed by atoms with E-state index in [1.54, 1.807) is 37.3 Å². The Bertz CT molecular complexity index is 1420. The molecule has 2 heterocycles. The Hall–Kier alpha value is -3.72. The Kier molecular flexibility index (Phi) is 5.67. The van der Waals surface area contributed by atoms with E-state index in [0.29, 0.717) is 33.8 Å². The molecule has 0 spiro atoms. The maximum Gasteiger partial charge on any atom is 0.303 e. The molecule has 0 saturated heterocycles. The highest BCUT2D eigenvalue weighted by Gasteiger charge is 2.27. The van der Waals surface area contributed by atoms with Gasteiger partial charge in [-0.25, -0.2) is 12.8 Å². The van der Waals surface area contributed by atoms with Gasteiger partial charge < -0.3 is 15.4 Å². The van der Waals surface area contributed by atoms with E-state index in [4.69, 9.17) is 5.11 Å². The fourth-order valence-corrected chi connectivity index (χ4v) is 5.36. The van der Waals surface area contributed by atoms with Crippen molar-refractivity contribution < 1.29 is 27.5 Å². The summed E-state index contributed by atoms with van der Waals surface area (Å²) in [6.45, 7) is 1.60. The molecule has 7 nitrogen and oxygen atoms in total. The number of hydrogen-bond acceptors (Lipinski definition) is 4. The molecule has 0 saturated carbocycles. The molecule has 0 atom stereocenters. The van der Waals surface area contributed by atoms with Crippen molar-refractivity contribution in [2.24, 2.45) is 0 Å². The van der Waals surface area contributed by atoms with Crippen LogP contribution in [-0.2, 0) is 25.8 Å². The van der Waals surface area contributed by atoms with Gasteiger partial charge in [0.25, 0.3) is 5.91 Å². The normalized spacial score (nSPS) is 14.4. The Morgan fingerprint density at radius 1 is 1.12 bits per heavy atom. The summed E-state index contributed by atoms with van der Waals surface area (Å²) >= 11 is 0. The zero-order valence-corrected chi connectivity index (χ0v) is 18.7. The van der Waals surface area contributed by atoms with E-state index in [1.165, 1.54) is 12.1 Å². The third-order valence-electron chi connectivity index (χ3n) is 5.49. The molecule has 4 rings (SSSR count). The molecule has 33 heavy (non-hydrogen) atoms. The topological polar surface area (TPSA) is 116 Å². The number of carboxylic acid groups (broad SMARTS) is 1. The molecule has 1 amide bonds. The van der Waals surface area contributed by atoms with E-state index in [1.807, 2.05) is 6.07 Å². The molecule has 0 fully saturated rings. The Morgan fingerprint density at radius 3 is 2.42 bits per heavy atom. The quantitative estimate of drug-likeness (QED) is 0.472. The molecule has 0 aliphatic carbocycles. The number of fused-ring (bicyclic) bond motifs is 1. The van der Waals surface area contributed by atoms with Gasteiger partial charge in [0, 0.05) is 35.3 Å². The lowest BCUT2D eigenvalue weighted by Gasteiger charge is -2.06. The molecule has 1 aliphatic rings. The first-order valence-electron chi connectivity index (χ1n) is 10.1. The number of H-pyrrole nitrogens is 1. The highest BCUT2D eigenvalue weighted by molar-refractivity contribution is 7.90. The van der Waals surface area contributed by atoms with Crippen molar-refractivity contribution in [3.05, 3.63) is 70.8 Å². The second-order valence-electron chi connectivity index (χ2n) is 7.92. The van der Waals surface area contributed by atoms with E-state index in [0.717, 1.165) is 17.4 Å². The van der Waals surface area contributed by atoms with Gasteiger partial charge in [-0.05, 0) is 54.3 Å². The molecule has 3 N–H and O–H groups in total. The first kappa shape index (κ1) is 22.5. The summed E-state index contributed by atoms with van der Waals surface area (Å²) in [5.41, 5.74) is 4.23. The number of rotatable bonds is 6. The van der Waals surface area contributed by atoms with Crippen LogP contribution in [0.2, 0.25) is 0 Å². The summed E-state index contributed by atoms with van der Waals surface area (Å²) in [7, 11) is -3.62. The molecule has 1 aromatic heterocycles. The van der Waals surface area contributed by atoms with Crippen LogP contribution in [0.1, 0.15) is 28.9 Å². The SMILES string of the molecule is Cc1[nH]c(/C=C2/C(=O)Nc3cc(-c4ccc(F)cc4)ccc32)c(CCC(=O)O)c1S(C)(=O)=O. The van der Waals surface area contributed by atoms with Gasteiger partial charge in [0.05, 0.1) is 10.5 Å². The second-order valence-corrected chi connectivity index (χ2v) is 9.87. The molecule has 9 heteroatoms. The summed E-state index contributed by atoms with van der Waals surface area (Å²) in [4.78, 5) is 26.9. The van der Waals surface area contributed by atoms with Crippen LogP contribution in [0, 0.1) is 12.7 Å². The van der Waals surface area contributed by atoms with Gasteiger partial charge in [0.2, 0.25) is 0 Å². The summed E-state index contributed by atoms with van der Waals surface area (Å²) in [5, 5.41) is 11.9. The first-order chi connectivity index (χ1) is 15.5. The van der Waals surface area contributed by atoms with Crippen molar-refractivity contribution >= 4 is 39.1 Å². The number of carbonyl (C=O) groups is 2. The smallest absolute Gasteiger partial charge is 0.303 e. The van der Waals surface area contributed by atoms with Gasteiger partial charge >= 0.3 is 5.97 Å². The van der Waals surface area contributed by atoms with E-state index >= 15 is 0 Å². The maximum absolute atomic E-state index is 13.2. The standard InChI is InChI=1S/C24H21FN2O5S/c1-13-23(33(2,31)32)18(9-10-22(28)29)21(26-13)12-19-17-8-5-15(11-20(17)27-24(19)30)14-3-6-16(25)7-4-14/h3-8,11-12,26H,9-10H2,1-2H3,(H,27,30)(H,28,29)/b19-12+. The summed E-state index contributed by atoms with van der Waals surface area (Å²) in [5.74, 6) is -1.75. The van der Waals surface area contributed by atoms with Gasteiger partial charge in [0.15, 0.2) is 9.84 Å². The van der Waals surface area contributed by atoms with E-state index < -0.39 is 15.8 Å². The van der Waals surface area contributed by atoms with E-state index in [2.05, 4.69) is 10.3 Å². The fourth-order valence-electron chi connectivity index (χ4n) is 4.09. The minimum atomic E-state index is -3.62. The van der Waals surface area contributed by atoms with Crippen LogP contribution < -0.4 is 5.32 Å². The van der Waals surface area contributed by atoms with Crippen molar-refractivity contribution in [2.75, 3.05) is 11.6 Å². The largest absolute Gasteiger partial charge is 0.481 e. The lowest BCUT2D eigenvalue weighted by Crippen LogP contribution is -2.06. The lowest BCUT2D eigenvalue weighted by molar-refractivity contribution is -0.137. The van der Waals surface area contributed by atoms with Gasteiger partial charge in [-0.2, -0.15) is 0 Å². The number of anilines is 1. The minimum absolute atomic E-state index is 0.000823. The number of benzene rings is 2. The Morgan fingerprint density at radius 2 is 1.79 bits per heavy atom. The first-order valence-corrected chi connectivity index (χ1v) is 12.0. The molecule has 0 unspecified atom stereocenters. The van der Waals surface area contributed by atoms with E-state index in [-0.39, 0.29) is 29.5 Å². The van der Waals surface area contributed by atoms with E-state index in [9.17, 15) is 22.4 Å². The number of aromatic amines is 1. The lowest BCUT2D eigenvalue weighted by atomic mass is 9.99. The van der Waals surface area contributed by atoms with Gasteiger partial charge in [-0.15, -0.1) is 0 Å². The zero-order chi connectivity index (χ0) is 23.9. The number of nitrogens with one attached hydrogen (secondary N) is 2. The maximum atomic E-state index is 13.2. The molecular weight excluding hydrogens is 447 g/mol. The summed E-state index contributed by atoms with van der Waals surface area (Å²) in [6, 6.07) is 11.4. The van der Waals surface area contributed by atoms with Crippen LogP contribution in [0.15, 0.2) is 47.4 Å². The van der Waals surface area contributed by atoms with Crippen molar-refractivity contribution in [1.29, 1.82) is 0 Å². The summed E-state index contributed by atoms with van der Waals surface area (Å²) in [6.07, 6.45) is 2.37. The molecular formula is C24H21FN2O5S. The number of carbonyl (C=O) groups excluding carboxylic acids is 1. The van der Waals surface area contributed by atoms with Crippen molar-refractivity contribution in [1.82, 2.24) is 4.98 Å². The van der Waals surface area contributed by atoms with Crippen LogP contribution in [0.3, 0.4) is 0 Å². The molecule has 1 aliphatic heterocycles. The number of sulfone groups is 1. The average Bonchev–Trinajstić information content (AvgIpc) is 3.22. The molecule has 3 aromatic rings. The Balaban J connectivity index is 1.79. The third-order valence-corrected chi connectivity index (χ3v) is 6.78. The van der Waals surface area contributed by atoms with Gasteiger partial charge in [0.1, 0.15) is 5.82 Å². The molecule has 0 radical (unpaired) electrons. The third kappa shape index (κ3) is 4.45. The van der Waals surface area contributed by atoms with Crippen LogP contribution >= 0.6 is 0 Å². The minimum Gasteiger partial charge on any atom is -0.481 e. The number of aliphatic carboxylic acids is 1. The van der Waals surface area contributed by atoms with Crippen molar-refractivity contribution in [2.45, 2.75) is 24.7 Å². The van der Waals surface area contributed by atoms with Crippen molar-refractivity contribution in [3.8, 4) is 11.1 Å². The number of aryl methyl sites for hydroxylation is 1. The van der Waals surface area contributed by atoms with Crippen LogP contribution in [0.5, 0.6) is 0 Å². The molecule has 170 valence electrons. The predicted octanol–water partition coefficient (Wildman–Crippen LogP) is 4.04. The van der Waals surface area contributed by atoms with Crippen LogP contribution in [-0.4, -0.2) is 36.6 Å². The zero-order valence-electron chi connectivity index (χ0n) is 17.9. The Labute approximate surface area is 189 Å². The highest BCUT2D eigenvalue weighted by atomic mass is 32.2. The fraction of sp³-hybridized carbons (Fsp3) is 0.167. The van der Waals surface area contributed by atoms with Crippen molar-refractivity contribution in [3.63, 3.8) is 0 Å². The average molecular weight is 469 g/mol. The van der Waals surface area contributed by atoms with Crippen LogP contribution in [0.4, 0.5) is 10.1 Å². The highest BCUT2D eigenvalue weighted by Crippen LogP contribution is 2.37. The van der Waals surface area contributed by atoms with Gasteiger partial charge in [-0.3, -0.25) is 9.59 Å². The predicted molar refractivity (Wildman–Crippen MR) is 123 cm³/mol. The second kappa shape index (κ2) is 8.32. The monoisotopic (exact) mass is 468 g/mol. The number of amides is 1.